The Morgan fingerprint density at radius 2 is 1.82 bits per heavy atom. The van der Waals surface area contributed by atoms with Crippen molar-refractivity contribution in [2.24, 2.45) is 0 Å². The summed E-state index contributed by atoms with van der Waals surface area (Å²) in [5.74, 6) is 1.05. The molecule has 176 valence electrons. The minimum absolute atomic E-state index is 0.184. The maximum absolute atomic E-state index is 13.4. The van der Waals surface area contributed by atoms with Gasteiger partial charge in [0.2, 0.25) is 0 Å². The molecular weight excluding hydrogens is 448 g/mol. The number of fused-ring (bicyclic) bond motifs is 1. The van der Waals surface area contributed by atoms with E-state index in [1.807, 2.05) is 12.1 Å². The Balaban J connectivity index is 1.79. The molecule has 3 aromatic rings. The number of hydrogen-bond donors (Lipinski definition) is 2. The first-order valence-electron chi connectivity index (χ1n) is 10.9. The highest BCUT2D eigenvalue weighted by Gasteiger charge is 2.33. The summed E-state index contributed by atoms with van der Waals surface area (Å²) in [5, 5.41) is 8.16. The summed E-state index contributed by atoms with van der Waals surface area (Å²) in [6.07, 6.45) is -2.25. The van der Waals surface area contributed by atoms with Gasteiger partial charge in [-0.1, -0.05) is 12.1 Å². The number of aromatic nitrogens is 2. The Bertz CT molecular complexity index is 1260. The zero-order chi connectivity index (χ0) is 24.1. The van der Waals surface area contributed by atoms with Crippen molar-refractivity contribution in [2.75, 3.05) is 24.0 Å². The highest BCUT2D eigenvalue weighted by Crippen LogP contribution is 2.41. The summed E-state index contributed by atoms with van der Waals surface area (Å²) >= 11 is 0. The second-order valence-electron chi connectivity index (χ2n) is 9.16. The summed E-state index contributed by atoms with van der Waals surface area (Å²) in [6, 6.07) is 7.91. The predicted octanol–water partition coefficient (Wildman–Crippen LogP) is 6.26. The monoisotopic (exact) mass is 476 g/mol. The molecular formula is C24H28F3N4OP. The molecule has 0 bridgehead atoms. The molecule has 4 rings (SSSR count). The Morgan fingerprint density at radius 3 is 2.42 bits per heavy atom. The zero-order valence-electron chi connectivity index (χ0n) is 19.3. The van der Waals surface area contributed by atoms with E-state index in [0.29, 0.717) is 34.2 Å². The zero-order valence-corrected chi connectivity index (χ0v) is 20.2. The number of nitrogens with one attached hydrogen (secondary N) is 2. The minimum atomic E-state index is -4.42. The van der Waals surface area contributed by atoms with Gasteiger partial charge in [0.1, 0.15) is 18.8 Å². The largest absolute Gasteiger partial charge is 0.416 e. The normalized spacial score (nSPS) is 15.5. The van der Waals surface area contributed by atoms with E-state index in [0.717, 1.165) is 29.9 Å². The molecule has 0 saturated heterocycles. The molecule has 1 saturated carbocycles. The lowest BCUT2D eigenvalue weighted by molar-refractivity contribution is -0.138. The van der Waals surface area contributed by atoms with Crippen LogP contribution in [0.5, 0.6) is 0 Å². The molecule has 0 unspecified atom stereocenters. The van der Waals surface area contributed by atoms with Crippen LogP contribution in [0.3, 0.4) is 0 Å². The molecule has 33 heavy (non-hydrogen) atoms. The van der Waals surface area contributed by atoms with E-state index >= 15 is 0 Å². The Kier molecular flexibility index (Phi) is 5.94. The van der Waals surface area contributed by atoms with Gasteiger partial charge in [0.15, 0.2) is 0 Å². The van der Waals surface area contributed by atoms with Gasteiger partial charge in [-0.25, -0.2) is 9.97 Å². The molecule has 0 radical (unpaired) electrons. The lowest BCUT2D eigenvalue weighted by Crippen LogP contribution is -2.16. The third kappa shape index (κ3) is 5.01. The van der Waals surface area contributed by atoms with Gasteiger partial charge in [-0.15, -0.1) is 0 Å². The van der Waals surface area contributed by atoms with Crippen LogP contribution < -0.4 is 15.9 Å². The topological polar surface area (TPSA) is 66.9 Å². The molecule has 1 atom stereocenters. The van der Waals surface area contributed by atoms with Crippen LogP contribution in [-0.4, -0.2) is 29.3 Å². The van der Waals surface area contributed by atoms with Crippen LogP contribution in [0.15, 0.2) is 30.3 Å². The van der Waals surface area contributed by atoms with Crippen molar-refractivity contribution in [2.45, 2.75) is 51.9 Å². The standard InChI is InChI=1S/C24H28F3N4OP/c1-13-17(7-6-8-19(13)24(25,26)27)14(2)28-23-18-11-22(33(4,5)32)21(31-16-9-10-16)12-20(18)29-15(3)30-23/h6-8,11-12,14,16,31H,9-10H2,1-5H3,(H,28,29,30)/t14-/m1/s1. The number of halogens is 3. The van der Waals surface area contributed by atoms with Gasteiger partial charge in [-0.05, 0) is 76.3 Å². The molecule has 1 aliphatic rings. The number of anilines is 2. The SMILES string of the molecule is Cc1nc(N[C@H](C)c2cccc(C(F)(F)F)c2C)c2cc(P(C)(C)=O)c(NC3CC3)cc2n1. The summed E-state index contributed by atoms with van der Waals surface area (Å²) in [7, 11) is -2.62. The average Bonchev–Trinajstić information content (AvgIpc) is 3.49. The van der Waals surface area contributed by atoms with Crippen molar-refractivity contribution in [3.8, 4) is 0 Å². The van der Waals surface area contributed by atoms with E-state index in [2.05, 4.69) is 20.6 Å². The number of rotatable bonds is 6. The van der Waals surface area contributed by atoms with Gasteiger partial charge in [-0.2, -0.15) is 13.2 Å². The van der Waals surface area contributed by atoms with E-state index in [1.54, 1.807) is 33.2 Å². The Morgan fingerprint density at radius 1 is 1.12 bits per heavy atom. The number of hydrogen-bond acceptors (Lipinski definition) is 5. The average molecular weight is 476 g/mol. The molecule has 5 nitrogen and oxygen atoms in total. The minimum Gasteiger partial charge on any atom is -0.382 e. The molecule has 1 heterocycles. The van der Waals surface area contributed by atoms with Crippen molar-refractivity contribution in [3.05, 3.63) is 52.8 Å². The summed E-state index contributed by atoms with van der Waals surface area (Å²) in [6.45, 7) is 8.52. The number of nitrogens with zero attached hydrogens (tertiary/aromatic N) is 2. The van der Waals surface area contributed by atoms with Crippen molar-refractivity contribution < 1.29 is 17.7 Å². The molecule has 0 aliphatic heterocycles. The smallest absolute Gasteiger partial charge is 0.382 e. The molecule has 1 aromatic heterocycles. The van der Waals surface area contributed by atoms with Gasteiger partial charge in [0.05, 0.1) is 17.1 Å². The summed E-state index contributed by atoms with van der Waals surface area (Å²) in [4.78, 5) is 9.10. The number of alkyl halides is 3. The van der Waals surface area contributed by atoms with Crippen molar-refractivity contribution >= 4 is 34.9 Å². The fraction of sp³-hybridized carbons (Fsp3) is 0.417. The van der Waals surface area contributed by atoms with E-state index in [1.165, 1.54) is 13.0 Å². The molecule has 2 N–H and O–H groups in total. The molecule has 1 aliphatic carbocycles. The highest BCUT2D eigenvalue weighted by molar-refractivity contribution is 7.70. The molecule has 1 fully saturated rings. The van der Waals surface area contributed by atoms with Gasteiger partial charge in [0.25, 0.3) is 0 Å². The van der Waals surface area contributed by atoms with Crippen molar-refractivity contribution in [1.82, 2.24) is 9.97 Å². The van der Waals surface area contributed by atoms with Crippen LogP contribution in [-0.2, 0) is 10.7 Å². The molecule has 0 amide bonds. The van der Waals surface area contributed by atoms with E-state index < -0.39 is 24.9 Å². The second kappa shape index (κ2) is 8.32. The van der Waals surface area contributed by atoms with Gasteiger partial charge in [0, 0.05) is 22.4 Å². The van der Waals surface area contributed by atoms with Crippen LogP contribution in [0.1, 0.15) is 48.3 Å². The molecule has 9 heteroatoms. The first kappa shape index (κ1) is 23.6. The molecule has 0 spiro atoms. The summed E-state index contributed by atoms with van der Waals surface area (Å²) < 4.78 is 53.3. The first-order valence-corrected chi connectivity index (χ1v) is 13.5. The van der Waals surface area contributed by atoms with E-state index in [9.17, 15) is 17.7 Å². The quantitative estimate of drug-likeness (QED) is 0.411. The van der Waals surface area contributed by atoms with Crippen LogP contribution in [0, 0.1) is 13.8 Å². The fourth-order valence-electron chi connectivity index (χ4n) is 4.11. The predicted molar refractivity (Wildman–Crippen MR) is 128 cm³/mol. The second-order valence-corrected chi connectivity index (χ2v) is 12.3. The van der Waals surface area contributed by atoms with Gasteiger partial charge >= 0.3 is 6.18 Å². The maximum atomic E-state index is 13.4. The Hall–Kier alpha value is -2.60. The van der Waals surface area contributed by atoms with Crippen molar-refractivity contribution in [1.29, 1.82) is 0 Å². The third-order valence-corrected chi connectivity index (χ3v) is 7.47. The molecule has 2 aromatic carbocycles. The number of benzene rings is 2. The van der Waals surface area contributed by atoms with Gasteiger partial charge in [-0.3, -0.25) is 0 Å². The third-order valence-electron chi connectivity index (χ3n) is 5.94. The number of aryl methyl sites for hydroxylation is 1. The maximum Gasteiger partial charge on any atom is 0.416 e. The van der Waals surface area contributed by atoms with Crippen molar-refractivity contribution in [3.63, 3.8) is 0 Å². The Labute approximate surface area is 191 Å². The van der Waals surface area contributed by atoms with Crippen LogP contribution in [0.2, 0.25) is 0 Å². The van der Waals surface area contributed by atoms with Crippen LogP contribution in [0.25, 0.3) is 10.9 Å². The fourth-order valence-corrected chi connectivity index (χ4v) is 5.26. The lowest BCUT2D eigenvalue weighted by atomic mass is 9.97. The van der Waals surface area contributed by atoms with Crippen LogP contribution in [0.4, 0.5) is 24.7 Å². The van der Waals surface area contributed by atoms with Gasteiger partial charge < -0.3 is 15.2 Å². The first-order chi connectivity index (χ1) is 15.3. The van der Waals surface area contributed by atoms with E-state index in [-0.39, 0.29) is 5.56 Å². The van der Waals surface area contributed by atoms with Crippen LogP contribution >= 0.6 is 7.14 Å². The van der Waals surface area contributed by atoms with E-state index in [4.69, 9.17) is 0 Å². The summed E-state index contributed by atoms with van der Waals surface area (Å²) in [5.41, 5.74) is 1.59. The lowest BCUT2D eigenvalue weighted by Gasteiger charge is -2.22. The highest BCUT2D eigenvalue weighted by atomic mass is 31.2.